The van der Waals surface area contributed by atoms with Gasteiger partial charge < -0.3 is 20.2 Å². The van der Waals surface area contributed by atoms with Crippen LogP contribution in [0.3, 0.4) is 0 Å². The van der Waals surface area contributed by atoms with Crippen molar-refractivity contribution in [2.75, 3.05) is 19.6 Å². The summed E-state index contributed by atoms with van der Waals surface area (Å²) in [6.07, 6.45) is 10.4. The number of aliphatic hydroxyl groups is 1. The fourth-order valence-corrected chi connectivity index (χ4v) is 9.48. The number of carbonyl (C=O) groups excluding carboxylic acids is 2. The third-order valence-corrected chi connectivity index (χ3v) is 12.9. The highest BCUT2D eigenvalue weighted by Gasteiger charge is 2.56. The first-order valence-corrected chi connectivity index (χ1v) is 18.9. The predicted octanol–water partition coefficient (Wildman–Crippen LogP) is 5.29. The van der Waals surface area contributed by atoms with Gasteiger partial charge in [0.25, 0.3) is 0 Å². The second-order valence-corrected chi connectivity index (χ2v) is 16.4. The van der Waals surface area contributed by atoms with Crippen molar-refractivity contribution in [3.05, 3.63) is 78.1 Å². The van der Waals surface area contributed by atoms with E-state index in [9.17, 15) is 27.5 Å². The van der Waals surface area contributed by atoms with Gasteiger partial charge in [-0.1, -0.05) is 43.7 Å². The van der Waals surface area contributed by atoms with Crippen molar-refractivity contribution >= 4 is 22.0 Å². The summed E-state index contributed by atoms with van der Waals surface area (Å²) in [4.78, 5) is 30.2. The second-order valence-electron chi connectivity index (χ2n) is 14.8. The number of rotatable bonds is 12. The molecule has 3 aliphatic carbocycles. The Labute approximate surface area is 283 Å². The predicted molar refractivity (Wildman–Crippen MR) is 181 cm³/mol. The quantitative estimate of drug-likeness (QED) is 0.262. The van der Waals surface area contributed by atoms with E-state index in [4.69, 9.17) is 5.14 Å². The van der Waals surface area contributed by atoms with Gasteiger partial charge in [0.1, 0.15) is 11.4 Å². The number of β-amino-alcohol motifs (C(OH)–C–C–N with tert-alkyl or cyclic N) is 1. The lowest BCUT2D eigenvalue weighted by Crippen LogP contribution is -2.47. The maximum Gasteiger partial charge on any atom is 0.318 e. The van der Waals surface area contributed by atoms with Crippen LogP contribution < -0.4 is 10.5 Å². The van der Waals surface area contributed by atoms with Crippen molar-refractivity contribution < 1.29 is 27.5 Å². The molecule has 1 heterocycles. The summed E-state index contributed by atoms with van der Waals surface area (Å²) in [5.41, 5.74) is 0.220. The second kappa shape index (κ2) is 13.6. The molecule has 0 bridgehead atoms. The van der Waals surface area contributed by atoms with Crippen molar-refractivity contribution in [2.45, 2.75) is 87.8 Å². The average Bonchev–Trinajstić information content (AvgIpc) is 3.75. The molecular formula is C37H49FN4O5S. The monoisotopic (exact) mass is 680 g/mol. The van der Waals surface area contributed by atoms with E-state index in [0.29, 0.717) is 30.5 Å². The number of amides is 3. The first-order chi connectivity index (χ1) is 22.8. The summed E-state index contributed by atoms with van der Waals surface area (Å²) in [7, 11) is -3.78. The van der Waals surface area contributed by atoms with E-state index in [2.05, 4.69) is 18.8 Å². The number of sulfonamides is 1. The molecule has 6 rings (SSSR count). The minimum atomic E-state index is -3.78. The Hall–Kier alpha value is -3.28. The Kier molecular flexibility index (Phi) is 9.77. The molecule has 260 valence electrons. The van der Waals surface area contributed by atoms with Gasteiger partial charge in [0.05, 0.1) is 11.4 Å². The summed E-state index contributed by atoms with van der Waals surface area (Å²) in [5, 5.41) is 20.2. The molecule has 3 amide bonds. The maximum absolute atomic E-state index is 14.2. The van der Waals surface area contributed by atoms with Crippen LogP contribution in [0.15, 0.2) is 66.1 Å². The van der Waals surface area contributed by atoms with Gasteiger partial charge in [-0.2, -0.15) is 0 Å². The molecule has 2 aromatic rings. The summed E-state index contributed by atoms with van der Waals surface area (Å²) >= 11 is 0. The van der Waals surface area contributed by atoms with Gasteiger partial charge in [0.2, 0.25) is 15.9 Å². The van der Waals surface area contributed by atoms with Crippen molar-refractivity contribution in [1.29, 1.82) is 0 Å². The van der Waals surface area contributed by atoms with Crippen molar-refractivity contribution in [3.8, 4) is 0 Å². The van der Waals surface area contributed by atoms with Gasteiger partial charge >= 0.3 is 6.03 Å². The van der Waals surface area contributed by atoms with Gasteiger partial charge in [0, 0.05) is 37.5 Å². The molecule has 4 fully saturated rings. The Bertz CT molecular complexity index is 1630. The summed E-state index contributed by atoms with van der Waals surface area (Å²) < 4.78 is 37.4. The lowest BCUT2D eigenvalue weighted by molar-refractivity contribution is -0.132. The number of hydrogen-bond donors (Lipinski definition) is 3. The van der Waals surface area contributed by atoms with Crippen LogP contribution in [-0.4, -0.2) is 60.9 Å². The van der Waals surface area contributed by atoms with E-state index in [1.54, 1.807) is 35.2 Å². The third-order valence-electron chi connectivity index (χ3n) is 11.9. The van der Waals surface area contributed by atoms with Crippen LogP contribution in [0.25, 0.3) is 0 Å². The summed E-state index contributed by atoms with van der Waals surface area (Å²) in [6, 6.07) is 12.3. The van der Waals surface area contributed by atoms with Crippen LogP contribution in [0.1, 0.15) is 75.8 Å². The largest absolute Gasteiger partial charge is 0.383 e. The molecular weight excluding hydrogens is 631 g/mol. The number of likely N-dealkylation sites (tertiary alicyclic amines) is 1. The SMILES string of the molecule is C=CCN(C(=O)NCc1ccc(S(N)(=O)=O)cc1)C1CC(C)C2(CCC2CCC[C@H]2CN(C(=O)C3CC3)C[C@]2(O)c2cccc(F)c2)C1. The van der Waals surface area contributed by atoms with Crippen LogP contribution in [0.2, 0.25) is 0 Å². The van der Waals surface area contributed by atoms with Crippen molar-refractivity contribution in [1.82, 2.24) is 15.1 Å². The van der Waals surface area contributed by atoms with Crippen LogP contribution in [-0.2, 0) is 27.0 Å². The molecule has 9 nitrogen and oxygen atoms in total. The van der Waals surface area contributed by atoms with Crippen molar-refractivity contribution in [3.63, 3.8) is 0 Å². The van der Waals surface area contributed by atoms with Gasteiger partial charge in [0.15, 0.2) is 0 Å². The van der Waals surface area contributed by atoms with E-state index < -0.39 is 15.6 Å². The van der Waals surface area contributed by atoms with E-state index in [1.165, 1.54) is 24.3 Å². The van der Waals surface area contributed by atoms with Gasteiger partial charge in [-0.05, 0) is 104 Å². The zero-order valence-electron chi connectivity index (χ0n) is 27.8. The normalized spacial score (nSPS) is 29.9. The van der Waals surface area contributed by atoms with Gasteiger partial charge in [-0.15, -0.1) is 6.58 Å². The summed E-state index contributed by atoms with van der Waals surface area (Å²) in [6.45, 7) is 7.62. The Morgan fingerprint density at radius 3 is 2.50 bits per heavy atom. The number of benzene rings is 2. The van der Waals surface area contributed by atoms with Gasteiger partial charge in [-0.3, -0.25) is 4.79 Å². The first-order valence-electron chi connectivity index (χ1n) is 17.4. The molecule has 11 heteroatoms. The number of nitrogens with two attached hydrogens (primary N) is 1. The van der Waals surface area contributed by atoms with E-state index in [0.717, 1.165) is 63.4 Å². The maximum atomic E-state index is 14.2. The molecule has 48 heavy (non-hydrogen) atoms. The number of primary sulfonamides is 1. The van der Waals surface area contributed by atoms with E-state index in [1.807, 2.05) is 4.90 Å². The fourth-order valence-electron chi connectivity index (χ4n) is 8.97. The minimum Gasteiger partial charge on any atom is -0.383 e. The summed E-state index contributed by atoms with van der Waals surface area (Å²) in [5.74, 6) is 0.620. The average molecular weight is 681 g/mol. The molecule has 4 N–H and O–H groups in total. The molecule has 0 radical (unpaired) electrons. The number of halogens is 1. The van der Waals surface area contributed by atoms with E-state index >= 15 is 0 Å². The molecule has 4 unspecified atom stereocenters. The topological polar surface area (TPSA) is 133 Å². The van der Waals surface area contributed by atoms with Gasteiger partial charge in [-0.25, -0.2) is 22.7 Å². The fraction of sp³-hybridized carbons (Fsp3) is 0.568. The zero-order valence-corrected chi connectivity index (χ0v) is 28.6. The van der Waals surface area contributed by atoms with Crippen molar-refractivity contribution in [2.24, 2.45) is 34.2 Å². The highest BCUT2D eigenvalue weighted by molar-refractivity contribution is 7.89. The molecule has 6 atom stereocenters. The smallest absolute Gasteiger partial charge is 0.318 e. The molecule has 1 aliphatic heterocycles. The number of hydrogen-bond acceptors (Lipinski definition) is 5. The third kappa shape index (κ3) is 6.91. The molecule has 1 saturated heterocycles. The zero-order chi connectivity index (χ0) is 34.3. The van der Waals surface area contributed by atoms with Crippen LogP contribution in [0.5, 0.6) is 0 Å². The number of nitrogens with one attached hydrogen (secondary N) is 1. The highest BCUT2D eigenvalue weighted by atomic mass is 32.2. The number of nitrogens with zero attached hydrogens (tertiary/aromatic N) is 2. The molecule has 3 saturated carbocycles. The Balaban J connectivity index is 1.07. The highest BCUT2D eigenvalue weighted by Crippen LogP contribution is 2.62. The standard InChI is InChI=1S/C37H49FN4O5S/c1-3-18-42(35(44)40-22-26-10-14-33(15-11-26)48(39,46)47)32-19-25(2)36(21-32)17-16-28(36)6-4-8-30-23-41(34(43)27-12-13-27)24-37(30,45)29-7-5-9-31(38)20-29/h3,5,7,9-11,14-15,20,25,27-28,30,32,45H,1,4,6,8,12-13,16-19,21-24H2,2H3,(H,40,44)(H2,39,46,47)/t25?,28?,30-,32?,36?,37-/m0/s1. The molecule has 4 aliphatic rings. The lowest BCUT2D eigenvalue weighted by atomic mass is 9.54. The van der Waals surface area contributed by atoms with E-state index in [-0.39, 0.29) is 59.0 Å². The minimum absolute atomic E-state index is 0.0299. The van der Waals surface area contributed by atoms with Crippen LogP contribution in [0.4, 0.5) is 9.18 Å². The molecule has 1 spiro atoms. The Morgan fingerprint density at radius 1 is 1.15 bits per heavy atom. The van der Waals surface area contributed by atoms with Crippen LogP contribution >= 0.6 is 0 Å². The Morgan fingerprint density at radius 2 is 1.88 bits per heavy atom. The molecule has 2 aromatic carbocycles. The first kappa shape index (κ1) is 34.6. The number of urea groups is 1. The van der Waals surface area contributed by atoms with Crippen LogP contribution in [0, 0.1) is 34.9 Å². The lowest BCUT2D eigenvalue weighted by Gasteiger charge is -2.51. The number of carbonyl (C=O) groups is 2. The molecule has 0 aromatic heterocycles.